The minimum absolute atomic E-state index is 0.101. The van der Waals surface area contributed by atoms with Crippen LogP contribution in [-0.2, 0) is 14.3 Å². The van der Waals surface area contributed by atoms with E-state index in [0.29, 0.717) is 18.3 Å². The van der Waals surface area contributed by atoms with Crippen LogP contribution in [0.5, 0.6) is 0 Å². The Kier molecular flexibility index (Phi) is 8.06. The summed E-state index contributed by atoms with van der Waals surface area (Å²) in [6.07, 6.45) is 9.68. The Morgan fingerprint density at radius 3 is 2.75 bits per heavy atom. The number of carbonyl (C=O) groups excluding carboxylic acids is 1. The van der Waals surface area contributed by atoms with Gasteiger partial charge in [0.2, 0.25) is 6.29 Å². The normalized spacial score (nSPS) is 25.2. The zero-order valence-electron chi connectivity index (χ0n) is 15.1. The highest BCUT2D eigenvalue weighted by Crippen LogP contribution is 2.29. The molecule has 2 N–H and O–H groups in total. The van der Waals surface area contributed by atoms with E-state index in [1.54, 1.807) is 0 Å². The number of aliphatic hydroxyl groups excluding tert-OH is 1. The number of unbranched alkanes of at least 4 members (excludes halogenated alkanes) is 1. The fourth-order valence-electron chi connectivity index (χ4n) is 3.34. The van der Waals surface area contributed by atoms with Gasteiger partial charge in [0.05, 0.1) is 6.61 Å². The second-order valence-electron chi connectivity index (χ2n) is 7.33. The van der Waals surface area contributed by atoms with Crippen molar-refractivity contribution in [3.8, 4) is 0 Å². The van der Waals surface area contributed by atoms with Crippen LogP contribution in [0.3, 0.4) is 0 Å². The van der Waals surface area contributed by atoms with Crippen LogP contribution in [0.2, 0.25) is 0 Å². The van der Waals surface area contributed by atoms with Gasteiger partial charge < -0.3 is 19.9 Å². The molecule has 2 rings (SSSR count). The van der Waals surface area contributed by atoms with Gasteiger partial charge in [-0.05, 0) is 43.6 Å². The van der Waals surface area contributed by atoms with Crippen molar-refractivity contribution in [1.82, 2.24) is 5.32 Å². The van der Waals surface area contributed by atoms with E-state index in [1.165, 1.54) is 19.3 Å². The molecule has 0 spiro atoms. The van der Waals surface area contributed by atoms with Crippen LogP contribution < -0.4 is 5.32 Å². The Bertz CT molecular complexity index is 416. The lowest BCUT2D eigenvalue weighted by Gasteiger charge is -2.32. The number of nitrogens with one attached hydrogen (secondary N) is 1. The number of ether oxygens (including phenoxy) is 2. The first kappa shape index (κ1) is 19.3. The molecule has 1 saturated carbocycles. The lowest BCUT2D eigenvalue weighted by molar-refractivity contribution is -0.151. The van der Waals surface area contributed by atoms with Gasteiger partial charge in [0.1, 0.15) is 0 Å². The number of rotatable bonds is 8. The number of allylic oxidation sites excluding steroid dienone is 1. The maximum absolute atomic E-state index is 12.6. The topological polar surface area (TPSA) is 67.8 Å². The van der Waals surface area contributed by atoms with Crippen molar-refractivity contribution in [1.29, 1.82) is 0 Å². The van der Waals surface area contributed by atoms with Crippen molar-refractivity contribution in [3.05, 3.63) is 11.8 Å². The third-order valence-electron chi connectivity index (χ3n) is 4.97. The lowest BCUT2D eigenvalue weighted by Crippen LogP contribution is -2.40. The van der Waals surface area contributed by atoms with Gasteiger partial charge in [0.25, 0.3) is 5.91 Å². The first-order valence-electron chi connectivity index (χ1n) is 9.52. The summed E-state index contributed by atoms with van der Waals surface area (Å²) in [6, 6.07) is 0.277. The van der Waals surface area contributed by atoms with E-state index < -0.39 is 0 Å². The maximum atomic E-state index is 12.6. The van der Waals surface area contributed by atoms with Crippen LogP contribution in [0.4, 0.5) is 0 Å². The minimum atomic E-state index is -0.367. The average molecular weight is 339 g/mol. The summed E-state index contributed by atoms with van der Waals surface area (Å²) in [5, 5.41) is 12.0. The maximum Gasteiger partial charge on any atom is 0.286 e. The molecule has 1 amide bonds. The van der Waals surface area contributed by atoms with E-state index in [0.717, 1.165) is 32.1 Å². The van der Waals surface area contributed by atoms with Gasteiger partial charge in [-0.25, -0.2) is 0 Å². The first-order chi connectivity index (χ1) is 11.6. The molecule has 2 aliphatic rings. The third-order valence-corrected chi connectivity index (χ3v) is 4.97. The predicted molar refractivity (Wildman–Crippen MR) is 93.2 cm³/mol. The van der Waals surface area contributed by atoms with Crippen LogP contribution in [0.1, 0.15) is 65.2 Å². The smallest absolute Gasteiger partial charge is 0.286 e. The van der Waals surface area contributed by atoms with Crippen molar-refractivity contribution in [2.75, 3.05) is 13.2 Å². The molecule has 0 aromatic rings. The number of carbonyl (C=O) groups is 1. The number of hydrogen-bond donors (Lipinski definition) is 2. The summed E-state index contributed by atoms with van der Waals surface area (Å²) >= 11 is 0. The van der Waals surface area contributed by atoms with E-state index in [1.807, 2.05) is 6.08 Å². The van der Waals surface area contributed by atoms with Gasteiger partial charge in [-0.1, -0.05) is 33.1 Å². The van der Waals surface area contributed by atoms with Crippen molar-refractivity contribution in [2.45, 2.75) is 77.5 Å². The standard InChI is InChI=1S/C19H33NO4/c1-14(2)15-12-17(19(22)20-16-8-4-3-5-9-16)24-18(13-15)23-11-7-6-10-21/h12,14-16,18,21H,3-11,13H2,1-2H3,(H,20,22)/t15-,18+/m0/s1. The zero-order valence-corrected chi connectivity index (χ0v) is 15.1. The van der Waals surface area contributed by atoms with Gasteiger partial charge in [0.15, 0.2) is 5.76 Å². The van der Waals surface area contributed by atoms with Crippen molar-refractivity contribution in [2.24, 2.45) is 11.8 Å². The fraction of sp³-hybridized carbons (Fsp3) is 0.842. The molecule has 1 fully saturated rings. The van der Waals surface area contributed by atoms with Crippen molar-refractivity contribution in [3.63, 3.8) is 0 Å². The molecular formula is C19H33NO4. The largest absolute Gasteiger partial charge is 0.459 e. The van der Waals surface area contributed by atoms with Crippen LogP contribution in [0.25, 0.3) is 0 Å². The Morgan fingerprint density at radius 1 is 1.33 bits per heavy atom. The molecule has 138 valence electrons. The quantitative estimate of drug-likeness (QED) is 0.667. The summed E-state index contributed by atoms with van der Waals surface area (Å²) in [7, 11) is 0. The SMILES string of the molecule is CC(C)[C@H]1C=C(C(=O)NC2CCCCC2)O[C@@H](OCCCCO)C1. The van der Waals surface area contributed by atoms with Crippen LogP contribution >= 0.6 is 0 Å². The van der Waals surface area contributed by atoms with E-state index in [9.17, 15) is 4.79 Å². The highest BCUT2D eigenvalue weighted by atomic mass is 16.7. The molecule has 0 aromatic heterocycles. The summed E-state index contributed by atoms with van der Waals surface area (Å²) in [5.74, 6) is 1.04. The molecule has 1 aliphatic carbocycles. The fourth-order valence-corrected chi connectivity index (χ4v) is 3.34. The molecule has 1 aliphatic heterocycles. The molecule has 0 unspecified atom stereocenters. The second-order valence-corrected chi connectivity index (χ2v) is 7.33. The Balaban J connectivity index is 1.90. The molecule has 0 radical (unpaired) electrons. The summed E-state index contributed by atoms with van der Waals surface area (Å²) in [5.41, 5.74) is 0. The van der Waals surface area contributed by atoms with E-state index in [-0.39, 0.29) is 30.8 Å². The first-order valence-corrected chi connectivity index (χ1v) is 9.52. The van der Waals surface area contributed by atoms with Crippen LogP contribution in [-0.4, -0.2) is 36.6 Å². The second kappa shape index (κ2) is 10.0. The average Bonchev–Trinajstić information content (AvgIpc) is 2.59. The molecular weight excluding hydrogens is 306 g/mol. The summed E-state index contributed by atoms with van der Waals surface area (Å²) in [6.45, 7) is 5.05. The van der Waals surface area contributed by atoms with Gasteiger partial charge in [-0.3, -0.25) is 4.79 Å². The number of hydrogen-bond acceptors (Lipinski definition) is 4. The Hall–Kier alpha value is -1.07. The summed E-state index contributed by atoms with van der Waals surface area (Å²) < 4.78 is 11.6. The van der Waals surface area contributed by atoms with Crippen molar-refractivity contribution >= 4 is 5.91 Å². The highest BCUT2D eigenvalue weighted by molar-refractivity contribution is 5.91. The van der Waals surface area contributed by atoms with Gasteiger partial charge in [-0.2, -0.15) is 0 Å². The van der Waals surface area contributed by atoms with Gasteiger partial charge in [-0.15, -0.1) is 0 Å². The molecule has 24 heavy (non-hydrogen) atoms. The lowest BCUT2D eigenvalue weighted by atomic mass is 9.90. The highest BCUT2D eigenvalue weighted by Gasteiger charge is 2.30. The summed E-state index contributed by atoms with van der Waals surface area (Å²) in [4.78, 5) is 12.6. The zero-order chi connectivity index (χ0) is 17.4. The van der Waals surface area contributed by atoms with Crippen molar-refractivity contribution < 1.29 is 19.4 Å². The van der Waals surface area contributed by atoms with Crippen LogP contribution in [0.15, 0.2) is 11.8 Å². The predicted octanol–water partition coefficient (Wildman–Crippen LogP) is 3.13. The third kappa shape index (κ3) is 6.10. The molecule has 5 nitrogen and oxygen atoms in total. The van der Waals surface area contributed by atoms with Gasteiger partial charge >= 0.3 is 0 Å². The van der Waals surface area contributed by atoms with E-state index >= 15 is 0 Å². The Labute approximate surface area is 145 Å². The van der Waals surface area contributed by atoms with Crippen LogP contribution in [0, 0.1) is 11.8 Å². The minimum Gasteiger partial charge on any atom is -0.459 e. The monoisotopic (exact) mass is 339 g/mol. The Morgan fingerprint density at radius 2 is 2.08 bits per heavy atom. The molecule has 2 atom stereocenters. The molecule has 0 aromatic carbocycles. The van der Waals surface area contributed by atoms with E-state index in [4.69, 9.17) is 14.6 Å². The molecule has 0 saturated heterocycles. The molecule has 5 heteroatoms. The molecule has 1 heterocycles. The number of aliphatic hydroxyl groups is 1. The number of amides is 1. The molecule has 0 bridgehead atoms. The van der Waals surface area contributed by atoms with E-state index in [2.05, 4.69) is 19.2 Å². The van der Waals surface area contributed by atoms with Gasteiger partial charge in [0, 0.05) is 19.1 Å².